The van der Waals surface area contributed by atoms with Gasteiger partial charge in [0.15, 0.2) is 11.8 Å². The molecule has 0 bridgehead atoms. The Morgan fingerprint density at radius 2 is 1.86 bits per heavy atom. The number of hydrogen-bond acceptors (Lipinski definition) is 11. The Bertz CT molecular complexity index is 1310. The first kappa shape index (κ1) is 34.0. The standard InChI is InChI=1S/C27H31Cl2N5O8/c1-6-11-41-34-14-23(30-32-34)25(36)31-33(15-24(35)26(37)39-16-40-27(38)42-17(2)3)13-20-7-9-21(10-8-20)22(19(5)29)12-18(4)28/h6-10,12,14,17,24,35H,1,4-5,11,13,15-16H2,2-3H3,(H,31,36). The summed E-state index contributed by atoms with van der Waals surface area (Å²) in [7, 11) is 0. The van der Waals surface area contributed by atoms with E-state index in [1.807, 2.05) is 0 Å². The van der Waals surface area contributed by atoms with Crippen molar-refractivity contribution in [3.63, 3.8) is 0 Å². The molecule has 1 aromatic carbocycles. The minimum atomic E-state index is -1.75. The zero-order valence-electron chi connectivity index (χ0n) is 23.0. The summed E-state index contributed by atoms with van der Waals surface area (Å²) in [6.07, 6.45) is 1.07. The quantitative estimate of drug-likeness (QED) is 0.0929. The fraction of sp³-hybridized carbons (Fsp3) is 0.296. The molecule has 0 fully saturated rings. The van der Waals surface area contributed by atoms with Gasteiger partial charge in [-0.3, -0.25) is 10.2 Å². The number of aliphatic hydroxyl groups excluding tert-OH is 1. The van der Waals surface area contributed by atoms with E-state index in [0.717, 1.165) is 4.85 Å². The number of aliphatic hydroxyl groups is 1. The molecule has 13 nitrogen and oxygen atoms in total. The van der Waals surface area contributed by atoms with E-state index >= 15 is 0 Å². The van der Waals surface area contributed by atoms with Gasteiger partial charge in [0.2, 0.25) is 6.79 Å². The second-order valence-corrected chi connectivity index (χ2v) is 9.62. The Morgan fingerprint density at radius 3 is 2.45 bits per heavy atom. The van der Waals surface area contributed by atoms with E-state index in [1.54, 1.807) is 44.2 Å². The van der Waals surface area contributed by atoms with Gasteiger partial charge in [0.05, 0.1) is 12.6 Å². The number of nitrogens with one attached hydrogen (secondary N) is 1. The molecular formula is C27H31Cl2N5O8. The minimum Gasteiger partial charge on any atom is -0.431 e. The summed E-state index contributed by atoms with van der Waals surface area (Å²) >= 11 is 12.0. The van der Waals surface area contributed by atoms with Crippen LogP contribution in [0.15, 0.2) is 72.4 Å². The number of benzene rings is 1. The fourth-order valence-corrected chi connectivity index (χ4v) is 3.39. The van der Waals surface area contributed by atoms with Crippen LogP contribution >= 0.6 is 23.2 Å². The van der Waals surface area contributed by atoms with Crippen molar-refractivity contribution in [2.24, 2.45) is 0 Å². The molecule has 1 atom stereocenters. The highest BCUT2D eigenvalue weighted by molar-refractivity contribution is 6.38. The smallest absolute Gasteiger partial charge is 0.431 e. The maximum Gasteiger partial charge on any atom is 0.511 e. The van der Waals surface area contributed by atoms with Gasteiger partial charge in [0.25, 0.3) is 5.91 Å². The van der Waals surface area contributed by atoms with Crippen LogP contribution in [-0.2, 0) is 25.5 Å². The van der Waals surface area contributed by atoms with Gasteiger partial charge < -0.3 is 24.2 Å². The summed E-state index contributed by atoms with van der Waals surface area (Å²) in [6.45, 7) is 13.1. The van der Waals surface area contributed by atoms with Gasteiger partial charge in [-0.2, -0.15) is 0 Å². The van der Waals surface area contributed by atoms with Crippen molar-refractivity contribution in [3.8, 4) is 0 Å². The lowest BCUT2D eigenvalue weighted by atomic mass is 10.0. The van der Waals surface area contributed by atoms with Gasteiger partial charge in [-0.15, -0.1) is 5.10 Å². The SMILES string of the molecule is C=CCOn1cc(C(=O)NN(Cc2ccc(C(=CC(=C)Cl)C(=C)Cl)cc2)CC(O)C(=O)OCOC(=O)OC(C)C)nn1. The normalized spacial score (nSPS) is 11.9. The number of amides is 1. The molecule has 0 radical (unpaired) electrons. The molecule has 2 aromatic rings. The summed E-state index contributed by atoms with van der Waals surface area (Å²) in [4.78, 5) is 42.8. The molecule has 0 saturated heterocycles. The third kappa shape index (κ3) is 11.7. The largest absolute Gasteiger partial charge is 0.511 e. The zero-order valence-corrected chi connectivity index (χ0v) is 24.5. The number of esters is 1. The molecule has 1 amide bonds. The van der Waals surface area contributed by atoms with Gasteiger partial charge in [-0.25, -0.2) is 14.6 Å². The van der Waals surface area contributed by atoms with E-state index < -0.39 is 43.6 Å². The molecule has 0 saturated carbocycles. The third-order valence-electron chi connectivity index (χ3n) is 4.90. The predicted octanol–water partition coefficient (Wildman–Crippen LogP) is 3.35. The number of carbonyl (C=O) groups excluding carboxylic acids is 3. The Morgan fingerprint density at radius 1 is 1.17 bits per heavy atom. The van der Waals surface area contributed by atoms with Gasteiger partial charge in [-0.05, 0) is 36.3 Å². The van der Waals surface area contributed by atoms with Crippen LogP contribution in [0.2, 0.25) is 0 Å². The van der Waals surface area contributed by atoms with Crippen molar-refractivity contribution in [2.45, 2.75) is 32.6 Å². The molecule has 2 rings (SSSR count). The van der Waals surface area contributed by atoms with Crippen molar-refractivity contribution >= 4 is 46.8 Å². The molecule has 1 unspecified atom stereocenters. The second-order valence-electron chi connectivity index (χ2n) is 8.68. The third-order valence-corrected chi connectivity index (χ3v) is 5.21. The molecule has 42 heavy (non-hydrogen) atoms. The summed E-state index contributed by atoms with van der Waals surface area (Å²) < 4.78 is 14.2. The molecule has 0 aliphatic carbocycles. The summed E-state index contributed by atoms with van der Waals surface area (Å²) in [5.41, 5.74) is 4.39. The van der Waals surface area contributed by atoms with Gasteiger partial charge in [0, 0.05) is 22.2 Å². The maximum atomic E-state index is 12.9. The monoisotopic (exact) mass is 623 g/mol. The number of rotatable bonds is 16. The maximum absolute atomic E-state index is 12.9. The van der Waals surface area contributed by atoms with Crippen LogP contribution in [0.3, 0.4) is 0 Å². The molecule has 0 spiro atoms. The Balaban J connectivity index is 2.17. The first-order valence-corrected chi connectivity index (χ1v) is 13.1. The number of hydrogen-bond donors (Lipinski definition) is 2. The molecule has 1 aromatic heterocycles. The van der Waals surface area contributed by atoms with Crippen molar-refractivity contribution in [3.05, 3.63) is 89.2 Å². The minimum absolute atomic E-state index is 0.0256. The summed E-state index contributed by atoms with van der Waals surface area (Å²) in [5.74, 6) is -1.81. The highest BCUT2D eigenvalue weighted by atomic mass is 35.5. The number of nitrogens with zero attached hydrogens (tertiary/aromatic N) is 4. The highest BCUT2D eigenvalue weighted by Crippen LogP contribution is 2.27. The van der Waals surface area contributed by atoms with Crippen LogP contribution in [0.4, 0.5) is 4.79 Å². The molecule has 15 heteroatoms. The van der Waals surface area contributed by atoms with E-state index in [4.69, 9.17) is 37.5 Å². The van der Waals surface area contributed by atoms with E-state index in [9.17, 15) is 19.5 Å². The van der Waals surface area contributed by atoms with Crippen LogP contribution in [0.25, 0.3) is 5.57 Å². The Hall–Kier alpha value is -4.17. The molecule has 0 aliphatic heterocycles. The average molecular weight is 624 g/mol. The highest BCUT2D eigenvalue weighted by Gasteiger charge is 2.24. The topological polar surface area (TPSA) is 154 Å². The number of carbonyl (C=O) groups is 3. The van der Waals surface area contributed by atoms with Crippen molar-refractivity contribution in [2.75, 3.05) is 19.9 Å². The van der Waals surface area contributed by atoms with Crippen molar-refractivity contribution in [1.82, 2.24) is 25.6 Å². The van der Waals surface area contributed by atoms with E-state index in [0.29, 0.717) is 16.7 Å². The molecule has 1 heterocycles. The lowest BCUT2D eigenvalue weighted by molar-refractivity contribution is -0.164. The lowest BCUT2D eigenvalue weighted by Gasteiger charge is -2.25. The van der Waals surface area contributed by atoms with Crippen LogP contribution in [0.1, 0.15) is 35.5 Å². The second kappa shape index (κ2) is 16.9. The molecule has 2 N–H and O–H groups in total. The molecule has 226 valence electrons. The van der Waals surface area contributed by atoms with E-state index in [1.165, 1.54) is 17.3 Å². The van der Waals surface area contributed by atoms with Crippen LogP contribution < -0.4 is 10.3 Å². The van der Waals surface area contributed by atoms with Gasteiger partial charge in [0.1, 0.15) is 12.8 Å². The van der Waals surface area contributed by atoms with E-state index in [-0.39, 0.29) is 28.9 Å². The predicted molar refractivity (Wildman–Crippen MR) is 154 cm³/mol. The van der Waals surface area contributed by atoms with Gasteiger partial charge in [-0.1, -0.05) is 78.1 Å². The number of hydrazine groups is 1. The van der Waals surface area contributed by atoms with E-state index in [2.05, 4.69) is 40.2 Å². The molecular weight excluding hydrogens is 593 g/mol. The van der Waals surface area contributed by atoms with Crippen LogP contribution in [0, 0.1) is 0 Å². The summed E-state index contributed by atoms with van der Waals surface area (Å²) in [5, 5.41) is 19.7. The van der Waals surface area contributed by atoms with Crippen molar-refractivity contribution in [1.29, 1.82) is 0 Å². The number of ether oxygens (including phenoxy) is 3. The number of allylic oxidation sites excluding steroid dienone is 4. The Labute approximate surface area is 252 Å². The first-order chi connectivity index (χ1) is 19.9. The fourth-order valence-electron chi connectivity index (χ4n) is 3.12. The number of halogens is 2. The van der Waals surface area contributed by atoms with Crippen LogP contribution in [0.5, 0.6) is 0 Å². The molecule has 0 aliphatic rings. The zero-order chi connectivity index (χ0) is 31.2. The summed E-state index contributed by atoms with van der Waals surface area (Å²) in [6, 6.07) is 6.96. The van der Waals surface area contributed by atoms with Gasteiger partial charge >= 0.3 is 12.1 Å². The Kier molecular flexibility index (Phi) is 13.7. The van der Waals surface area contributed by atoms with Crippen LogP contribution in [-0.4, -0.2) is 75.5 Å². The average Bonchev–Trinajstić information content (AvgIpc) is 3.39. The first-order valence-electron chi connectivity index (χ1n) is 12.3. The lowest BCUT2D eigenvalue weighted by Crippen LogP contribution is -2.47. The number of aromatic nitrogens is 3. The van der Waals surface area contributed by atoms with Crippen molar-refractivity contribution < 1.29 is 38.5 Å².